The number of carbonyl (C=O) groups excluding carboxylic acids is 1. The Hall–Kier alpha value is -2.29. The maximum absolute atomic E-state index is 10.0. The number of carbonyl (C=O) groups is 1. The summed E-state index contributed by atoms with van der Waals surface area (Å²) in [7, 11) is 0. The molecule has 0 spiro atoms. The number of aliphatic hydroxyl groups is 1. The molecule has 26 heavy (non-hydrogen) atoms. The number of benzene rings is 2. The normalized spacial score (nSPS) is 10.5. The molecule has 0 fully saturated rings. The monoisotopic (exact) mass is 525 g/mol. The molecule has 0 atom stereocenters. The van der Waals surface area contributed by atoms with Gasteiger partial charge in [-0.1, -0.05) is 31.2 Å². The summed E-state index contributed by atoms with van der Waals surface area (Å²) in [6.45, 7) is 7.01. The van der Waals surface area contributed by atoms with E-state index in [2.05, 4.69) is 61.3 Å². The molecule has 1 N–H and O–H groups in total. The third kappa shape index (κ3) is 5.90. The van der Waals surface area contributed by atoms with Crippen molar-refractivity contribution in [3.63, 3.8) is 0 Å². The SMILES string of the molecule is CC(=O)/C=C(/C)O.Cc1c[c-]c(-c2ncc(C)c3ccccc23)cc1.[Ir]. The van der Waals surface area contributed by atoms with Crippen molar-refractivity contribution in [1.29, 1.82) is 0 Å². The molecule has 0 aliphatic rings. The standard InChI is InChI=1S/C17H14N.C5H8O2.Ir/c1-12-7-9-14(10-8-12)17-16-6-4-3-5-15(16)13(2)11-18-17;1-4(6)3-5(2)7;/h3-9,11H,1-2H3;3,6H,1-2H3;/q-1;;/b;4-3-;. The maximum Gasteiger partial charge on any atom is 0.155 e. The molecular formula is C22H22IrNO2-. The first-order valence-corrected chi connectivity index (χ1v) is 8.09. The molecule has 0 saturated carbocycles. The van der Waals surface area contributed by atoms with Gasteiger partial charge in [-0.05, 0) is 42.8 Å². The Morgan fingerprint density at radius 3 is 2.23 bits per heavy atom. The molecule has 2 aromatic carbocycles. The number of rotatable bonds is 2. The van der Waals surface area contributed by atoms with Crippen LogP contribution in [-0.4, -0.2) is 15.9 Å². The van der Waals surface area contributed by atoms with Gasteiger partial charge in [-0.3, -0.25) is 4.79 Å². The minimum atomic E-state index is -0.125. The third-order valence-electron chi connectivity index (χ3n) is 3.63. The van der Waals surface area contributed by atoms with Gasteiger partial charge in [0.05, 0.1) is 5.76 Å². The van der Waals surface area contributed by atoms with Gasteiger partial charge < -0.3 is 10.1 Å². The van der Waals surface area contributed by atoms with Crippen LogP contribution in [0.15, 0.2) is 60.5 Å². The van der Waals surface area contributed by atoms with Gasteiger partial charge in [0.15, 0.2) is 5.78 Å². The van der Waals surface area contributed by atoms with Crippen molar-refractivity contribution in [2.45, 2.75) is 27.7 Å². The molecule has 3 rings (SSSR count). The van der Waals surface area contributed by atoms with Crippen LogP contribution in [0.5, 0.6) is 0 Å². The smallest absolute Gasteiger partial charge is 0.155 e. The quantitative estimate of drug-likeness (QED) is 0.279. The summed E-state index contributed by atoms with van der Waals surface area (Å²) in [5, 5.41) is 10.8. The second-order valence-electron chi connectivity index (χ2n) is 6.01. The van der Waals surface area contributed by atoms with Gasteiger partial charge in [0, 0.05) is 32.4 Å². The van der Waals surface area contributed by atoms with Crippen molar-refractivity contribution >= 4 is 16.6 Å². The van der Waals surface area contributed by atoms with Gasteiger partial charge in [0.25, 0.3) is 0 Å². The third-order valence-corrected chi connectivity index (χ3v) is 3.63. The number of aromatic nitrogens is 1. The van der Waals surface area contributed by atoms with E-state index in [9.17, 15) is 4.79 Å². The van der Waals surface area contributed by atoms with Crippen LogP contribution in [0.4, 0.5) is 0 Å². The van der Waals surface area contributed by atoms with E-state index in [1.807, 2.05) is 12.3 Å². The number of hydrogen-bond acceptors (Lipinski definition) is 3. The van der Waals surface area contributed by atoms with Gasteiger partial charge in [-0.2, -0.15) is 0 Å². The number of ketones is 1. The minimum absolute atomic E-state index is 0. The molecule has 4 heteroatoms. The summed E-state index contributed by atoms with van der Waals surface area (Å²) < 4.78 is 0. The van der Waals surface area contributed by atoms with Crippen LogP contribution in [-0.2, 0) is 24.9 Å². The van der Waals surface area contributed by atoms with E-state index >= 15 is 0 Å². The summed E-state index contributed by atoms with van der Waals surface area (Å²) in [5.74, 6) is -0.0625. The van der Waals surface area contributed by atoms with Crippen LogP contribution >= 0.6 is 0 Å². The van der Waals surface area contributed by atoms with Gasteiger partial charge in [-0.25, -0.2) is 0 Å². The van der Waals surface area contributed by atoms with E-state index in [4.69, 9.17) is 5.11 Å². The van der Waals surface area contributed by atoms with Crippen molar-refractivity contribution in [2.75, 3.05) is 0 Å². The molecule has 1 heterocycles. The number of aliphatic hydroxyl groups excluding tert-OH is 1. The molecule has 1 aromatic heterocycles. The largest absolute Gasteiger partial charge is 0.512 e. The Balaban J connectivity index is 0.000000366. The van der Waals surface area contributed by atoms with E-state index in [1.165, 1.54) is 41.8 Å². The number of aryl methyl sites for hydroxylation is 2. The second kappa shape index (κ2) is 10.0. The first-order chi connectivity index (χ1) is 11.9. The Morgan fingerprint density at radius 1 is 1.08 bits per heavy atom. The zero-order chi connectivity index (χ0) is 18.4. The van der Waals surface area contributed by atoms with Gasteiger partial charge in [-0.15, -0.1) is 35.4 Å². The summed E-state index contributed by atoms with van der Waals surface area (Å²) in [4.78, 5) is 14.6. The summed E-state index contributed by atoms with van der Waals surface area (Å²) in [6.07, 6.45) is 3.10. The molecule has 1 radical (unpaired) electrons. The van der Waals surface area contributed by atoms with Crippen LogP contribution in [0.3, 0.4) is 0 Å². The molecule has 137 valence electrons. The van der Waals surface area contributed by atoms with Gasteiger partial charge in [0.2, 0.25) is 0 Å². The molecule has 0 bridgehead atoms. The topological polar surface area (TPSA) is 50.2 Å². The first kappa shape index (κ1) is 21.8. The predicted octanol–water partition coefficient (Wildman–Crippen LogP) is 5.35. The van der Waals surface area contributed by atoms with E-state index in [0.29, 0.717) is 0 Å². The van der Waals surface area contributed by atoms with Crippen LogP contribution in [0.2, 0.25) is 0 Å². The average molecular weight is 525 g/mol. The summed E-state index contributed by atoms with van der Waals surface area (Å²) in [5.41, 5.74) is 4.49. The fourth-order valence-electron chi connectivity index (χ4n) is 2.49. The van der Waals surface area contributed by atoms with E-state index in [0.717, 1.165) is 11.3 Å². The Morgan fingerprint density at radius 2 is 1.73 bits per heavy atom. The van der Waals surface area contributed by atoms with Crippen molar-refractivity contribution < 1.29 is 30.0 Å². The molecule has 3 nitrogen and oxygen atoms in total. The number of fused-ring (bicyclic) bond motifs is 1. The van der Waals surface area contributed by atoms with Crippen LogP contribution < -0.4 is 0 Å². The van der Waals surface area contributed by atoms with E-state index in [1.54, 1.807) is 0 Å². The molecule has 0 aliphatic carbocycles. The fourth-order valence-corrected chi connectivity index (χ4v) is 2.49. The van der Waals surface area contributed by atoms with Gasteiger partial charge >= 0.3 is 0 Å². The van der Waals surface area contributed by atoms with Crippen LogP contribution in [0, 0.1) is 19.9 Å². The number of pyridine rings is 1. The first-order valence-electron chi connectivity index (χ1n) is 8.09. The predicted molar refractivity (Wildman–Crippen MR) is 103 cm³/mol. The Bertz CT molecular complexity index is 911. The summed E-state index contributed by atoms with van der Waals surface area (Å²) in [6, 6.07) is 17.9. The molecular weight excluding hydrogens is 502 g/mol. The van der Waals surface area contributed by atoms with Crippen LogP contribution in [0.25, 0.3) is 22.0 Å². The maximum atomic E-state index is 10.0. The Kier molecular flexibility index (Phi) is 8.37. The number of allylic oxidation sites excluding steroid dienone is 2. The minimum Gasteiger partial charge on any atom is -0.512 e. The van der Waals surface area contributed by atoms with Crippen molar-refractivity contribution in [3.05, 3.63) is 77.7 Å². The molecule has 0 unspecified atom stereocenters. The van der Waals surface area contributed by atoms with Crippen molar-refractivity contribution in [3.8, 4) is 11.3 Å². The fraction of sp³-hybridized carbons (Fsp3) is 0.182. The Labute approximate surface area is 168 Å². The summed E-state index contributed by atoms with van der Waals surface area (Å²) >= 11 is 0. The number of nitrogens with zero attached hydrogens (tertiary/aromatic N) is 1. The van der Waals surface area contributed by atoms with Crippen LogP contribution in [0.1, 0.15) is 25.0 Å². The average Bonchev–Trinajstić information content (AvgIpc) is 2.56. The molecule has 0 aliphatic heterocycles. The van der Waals surface area contributed by atoms with Crippen molar-refractivity contribution in [2.24, 2.45) is 0 Å². The van der Waals surface area contributed by atoms with E-state index in [-0.39, 0.29) is 31.6 Å². The van der Waals surface area contributed by atoms with Crippen molar-refractivity contribution in [1.82, 2.24) is 4.98 Å². The zero-order valence-corrected chi connectivity index (χ0v) is 17.7. The van der Waals surface area contributed by atoms with E-state index < -0.39 is 0 Å². The molecule has 3 aromatic rings. The molecule has 0 amide bonds. The number of hydrogen-bond donors (Lipinski definition) is 1. The second-order valence-corrected chi connectivity index (χ2v) is 6.01. The zero-order valence-electron chi connectivity index (χ0n) is 15.3. The molecule has 0 saturated heterocycles. The van der Waals surface area contributed by atoms with Gasteiger partial charge in [0.1, 0.15) is 0 Å².